The van der Waals surface area contributed by atoms with Crippen LogP contribution in [-0.4, -0.2) is 11.0 Å². The molecule has 0 heterocycles. The highest BCUT2D eigenvalue weighted by atomic mass is 16.3. The third-order valence-electron chi connectivity index (χ3n) is 4.06. The molecule has 2 N–H and O–H groups in total. The fraction of sp³-hybridized carbons (Fsp3) is 0.533. The van der Waals surface area contributed by atoms with Crippen molar-refractivity contribution >= 4 is 11.6 Å². The minimum Gasteiger partial charge on any atom is -0.508 e. The fourth-order valence-electron chi connectivity index (χ4n) is 2.59. The number of rotatable bonds is 2. The monoisotopic (exact) mass is 247 g/mol. The predicted octanol–water partition coefficient (Wildman–Crippen LogP) is 3.61. The molecule has 0 aliphatic heterocycles. The van der Waals surface area contributed by atoms with E-state index in [1.165, 1.54) is 6.42 Å². The van der Waals surface area contributed by atoms with E-state index in [1.807, 2.05) is 19.9 Å². The van der Waals surface area contributed by atoms with E-state index in [0.29, 0.717) is 5.69 Å². The Bertz CT molecular complexity index is 448. The van der Waals surface area contributed by atoms with Gasteiger partial charge in [0, 0.05) is 16.7 Å². The smallest absolute Gasteiger partial charge is 0.230 e. The van der Waals surface area contributed by atoms with Gasteiger partial charge in [-0.1, -0.05) is 32.3 Å². The topological polar surface area (TPSA) is 49.3 Å². The SMILES string of the molecule is Cc1c(O)cccc1NC(=O)C1(C)CCCCC1. The van der Waals surface area contributed by atoms with E-state index in [1.54, 1.807) is 12.1 Å². The Balaban J connectivity index is 2.13. The van der Waals surface area contributed by atoms with Crippen molar-refractivity contribution in [3.8, 4) is 5.75 Å². The standard InChI is InChI=1S/C15H21NO2/c1-11-12(7-6-8-13(11)17)16-14(18)15(2)9-4-3-5-10-15/h6-8,17H,3-5,9-10H2,1-2H3,(H,16,18). The van der Waals surface area contributed by atoms with Crippen LogP contribution in [0.25, 0.3) is 0 Å². The summed E-state index contributed by atoms with van der Waals surface area (Å²) in [7, 11) is 0. The van der Waals surface area contributed by atoms with Crippen LogP contribution >= 0.6 is 0 Å². The molecule has 0 atom stereocenters. The summed E-state index contributed by atoms with van der Waals surface area (Å²) in [5, 5.41) is 12.6. The van der Waals surface area contributed by atoms with Gasteiger partial charge in [-0.3, -0.25) is 4.79 Å². The Kier molecular flexibility index (Phi) is 3.60. The fourth-order valence-corrected chi connectivity index (χ4v) is 2.59. The second kappa shape index (κ2) is 5.01. The van der Waals surface area contributed by atoms with Gasteiger partial charge in [-0.25, -0.2) is 0 Å². The number of phenols is 1. The number of carbonyl (C=O) groups is 1. The molecule has 0 saturated heterocycles. The Morgan fingerprint density at radius 2 is 1.94 bits per heavy atom. The molecule has 18 heavy (non-hydrogen) atoms. The summed E-state index contributed by atoms with van der Waals surface area (Å²) < 4.78 is 0. The highest BCUT2D eigenvalue weighted by Crippen LogP contribution is 2.37. The first-order valence-corrected chi connectivity index (χ1v) is 6.63. The highest BCUT2D eigenvalue weighted by Gasteiger charge is 2.34. The Morgan fingerprint density at radius 3 is 2.61 bits per heavy atom. The zero-order valence-electron chi connectivity index (χ0n) is 11.1. The molecule has 3 heteroatoms. The van der Waals surface area contributed by atoms with Gasteiger partial charge >= 0.3 is 0 Å². The van der Waals surface area contributed by atoms with Crippen LogP contribution in [0.3, 0.4) is 0 Å². The van der Waals surface area contributed by atoms with E-state index in [2.05, 4.69) is 5.32 Å². The van der Waals surface area contributed by atoms with E-state index in [9.17, 15) is 9.90 Å². The van der Waals surface area contributed by atoms with Gasteiger partial charge in [-0.2, -0.15) is 0 Å². The van der Waals surface area contributed by atoms with Crippen molar-refractivity contribution in [1.29, 1.82) is 0 Å². The summed E-state index contributed by atoms with van der Waals surface area (Å²) in [6.45, 7) is 3.85. The first kappa shape index (κ1) is 12.9. The van der Waals surface area contributed by atoms with Gasteiger partial charge in [0.25, 0.3) is 0 Å². The molecule has 2 rings (SSSR count). The van der Waals surface area contributed by atoms with Crippen LogP contribution in [0.15, 0.2) is 18.2 Å². The van der Waals surface area contributed by atoms with E-state index >= 15 is 0 Å². The number of benzene rings is 1. The maximum Gasteiger partial charge on any atom is 0.230 e. The van der Waals surface area contributed by atoms with Crippen molar-refractivity contribution in [3.05, 3.63) is 23.8 Å². The summed E-state index contributed by atoms with van der Waals surface area (Å²) in [5.41, 5.74) is 1.19. The van der Waals surface area contributed by atoms with Crippen molar-refractivity contribution < 1.29 is 9.90 Å². The van der Waals surface area contributed by atoms with Gasteiger partial charge < -0.3 is 10.4 Å². The molecular formula is C15H21NO2. The van der Waals surface area contributed by atoms with Gasteiger partial charge in [0.05, 0.1) is 0 Å². The number of aromatic hydroxyl groups is 1. The molecule has 98 valence electrons. The van der Waals surface area contributed by atoms with E-state index < -0.39 is 0 Å². The van der Waals surface area contributed by atoms with Gasteiger partial charge in [0.2, 0.25) is 5.91 Å². The molecule has 0 radical (unpaired) electrons. The molecule has 3 nitrogen and oxygen atoms in total. The van der Waals surface area contributed by atoms with Crippen LogP contribution in [0.4, 0.5) is 5.69 Å². The second-order valence-electron chi connectivity index (χ2n) is 5.53. The predicted molar refractivity (Wildman–Crippen MR) is 72.7 cm³/mol. The van der Waals surface area contributed by atoms with Crippen molar-refractivity contribution in [2.75, 3.05) is 5.32 Å². The molecule has 0 spiro atoms. The molecule has 1 aromatic rings. The van der Waals surface area contributed by atoms with Crippen molar-refractivity contribution in [2.45, 2.75) is 46.0 Å². The second-order valence-corrected chi connectivity index (χ2v) is 5.53. The average Bonchev–Trinajstić information content (AvgIpc) is 2.36. The Hall–Kier alpha value is -1.51. The van der Waals surface area contributed by atoms with E-state index in [-0.39, 0.29) is 17.1 Å². The number of amides is 1. The maximum atomic E-state index is 12.4. The van der Waals surface area contributed by atoms with Crippen molar-refractivity contribution in [3.63, 3.8) is 0 Å². The lowest BCUT2D eigenvalue weighted by Gasteiger charge is -2.32. The zero-order valence-corrected chi connectivity index (χ0v) is 11.1. The average molecular weight is 247 g/mol. The number of hydrogen-bond acceptors (Lipinski definition) is 2. The number of carbonyl (C=O) groups excluding carboxylic acids is 1. The number of nitrogens with one attached hydrogen (secondary N) is 1. The van der Waals surface area contributed by atoms with E-state index in [0.717, 1.165) is 31.2 Å². The van der Waals surface area contributed by atoms with Gasteiger partial charge in [-0.15, -0.1) is 0 Å². The van der Waals surface area contributed by atoms with Gasteiger partial charge in [-0.05, 0) is 31.9 Å². The number of phenolic OH excluding ortho intramolecular Hbond substituents is 1. The van der Waals surface area contributed by atoms with Crippen molar-refractivity contribution in [1.82, 2.24) is 0 Å². The molecule has 1 aliphatic rings. The molecule has 1 amide bonds. The minimum absolute atomic E-state index is 0.0795. The molecular weight excluding hydrogens is 226 g/mol. The Labute approximate surface area is 108 Å². The van der Waals surface area contributed by atoms with Crippen LogP contribution in [0.5, 0.6) is 5.75 Å². The van der Waals surface area contributed by atoms with Crippen LogP contribution in [-0.2, 0) is 4.79 Å². The normalized spacial score (nSPS) is 18.3. The first-order valence-electron chi connectivity index (χ1n) is 6.63. The number of anilines is 1. The molecule has 1 saturated carbocycles. The van der Waals surface area contributed by atoms with E-state index in [4.69, 9.17) is 0 Å². The molecule has 0 bridgehead atoms. The minimum atomic E-state index is -0.254. The molecule has 1 aromatic carbocycles. The van der Waals surface area contributed by atoms with Crippen LogP contribution < -0.4 is 5.32 Å². The quantitative estimate of drug-likeness (QED) is 0.838. The van der Waals surface area contributed by atoms with Gasteiger partial charge in [0.1, 0.15) is 5.75 Å². The molecule has 1 aliphatic carbocycles. The lowest BCUT2D eigenvalue weighted by Crippen LogP contribution is -2.35. The molecule has 0 unspecified atom stereocenters. The highest BCUT2D eigenvalue weighted by molar-refractivity contribution is 5.96. The van der Waals surface area contributed by atoms with Gasteiger partial charge in [0.15, 0.2) is 0 Å². The summed E-state index contributed by atoms with van der Waals surface area (Å²) in [4.78, 5) is 12.4. The van der Waals surface area contributed by atoms with Crippen molar-refractivity contribution in [2.24, 2.45) is 5.41 Å². The zero-order chi connectivity index (χ0) is 13.2. The number of hydrogen-bond donors (Lipinski definition) is 2. The molecule has 1 fully saturated rings. The largest absolute Gasteiger partial charge is 0.508 e. The summed E-state index contributed by atoms with van der Waals surface area (Å²) in [5.74, 6) is 0.303. The summed E-state index contributed by atoms with van der Waals surface area (Å²) >= 11 is 0. The first-order chi connectivity index (χ1) is 8.53. The molecule has 0 aromatic heterocycles. The van der Waals surface area contributed by atoms with Crippen LogP contribution in [0, 0.1) is 12.3 Å². The van der Waals surface area contributed by atoms with Crippen LogP contribution in [0.2, 0.25) is 0 Å². The third-order valence-corrected chi connectivity index (χ3v) is 4.06. The lowest BCUT2D eigenvalue weighted by molar-refractivity contribution is -0.126. The van der Waals surface area contributed by atoms with Crippen LogP contribution in [0.1, 0.15) is 44.6 Å². The maximum absolute atomic E-state index is 12.4. The summed E-state index contributed by atoms with van der Waals surface area (Å²) in [6, 6.07) is 5.22. The summed E-state index contributed by atoms with van der Waals surface area (Å²) in [6.07, 6.45) is 5.40. The lowest BCUT2D eigenvalue weighted by atomic mass is 9.75. The third kappa shape index (κ3) is 2.50. The Morgan fingerprint density at radius 1 is 1.28 bits per heavy atom.